The van der Waals surface area contributed by atoms with Crippen molar-refractivity contribution in [2.24, 2.45) is 0 Å². The van der Waals surface area contributed by atoms with E-state index in [0.29, 0.717) is 11.1 Å². The number of alkyl halides is 6. The number of hydrogen-bond donors (Lipinski definition) is 1. The molecule has 0 unspecified atom stereocenters. The van der Waals surface area contributed by atoms with Gasteiger partial charge in [0.15, 0.2) is 0 Å². The van der Waals surface area contributed by atoms with Crippen LogP contribution in [0, 0.1) is 0 Å². The second kappa shape index (κ2) is 7.66. The van der Waals surface area contributed by atoms with Gasteiger partial charge in [-0.3, -0.25) is 4.79 Å². The molecule has 1 N–H and O–H groups in total. The fourth-order valence-corrected chi connectivity index (χ4v) is 3.17. The summed E-state index contributed by atoms with van der Waals surface area (Å²) >= 11 is 0. The summed E-state index contributed by atoms with van der Waals surface area (Å²) in [4.78, 5) is 12.2. The Kier molecular flexibility index (Phi) is 5.54. The minimum absolute atomic E-state index is 0.0614. The Balaban J connectivity index is 2.19. The van der Waals surface area contributed by atoms with Crippen molar-refractivity contribution in [3.63, 3.8) is 0 Å². The van der Waals surface area contributed by atoms with Crippen LogP contribution in [-0.4, -0.2) is 11.9 Å². The summed E-state index contributed by atoms with van der Waals surface area (Å²) < 4.78 is 79.1. The Morgan fingerprint density at radius 1 is 0.800 bits per heavy atom. The van der Waals surface area contributed by atoms with E-state index < -0.39 is 29.4 Å². The average molecular weight is 425 g/mol. The number of carbonyl (C=O) groups is 1. The van der Waals surface area contributed by atoms with Gasteiger partial charge < -0.3 is 5.32 Å². The van der Waals surface area contributed by atoms with Gasteiger partial charge in [-0.05, 0) is 66.1 Å². The zero-order chi connectivity index (χ0) is 22.3. The zero-order valence-electron chi connectivity index (χ0n) is 15.9. The summed E-state index contributed by atoms with van der Waals surface area (Å²) in [5.41, 5.74) is -1.04. The van der Waals surface area contributed by atoms with Crippen LogP contribution in [0.2, 0.25) is 0 Å². The van der Waals surface area contributed by atoms with E-state index in [4.69, 9.17) is 0 Å². The molecule has 30 heavy (non-hydrogen) atoms. The number of benzene rings is 3. The van der Waals surface area contributed by atoms with E-state index in [1.807, 2.05) is 0 Å². The molecular formula is C22H17F6NO. The quantitative estimate of drug-likeness (QED) is 0.466. The molecule has 0 atom stereocenters. The van der Waals surface area contributed by atoms with Gasteiger partial charge in [-0.1, -0.05) is 24.3 Å². The standard InChI is InChI=1S/C22H17F6NO/c1-12(2)29-20(30)14-5-8-17-16(9-10-19(18(17)11-14)22(26,27)28)13-3-6-15(7-4-13)21(23,24)25/h3-12H,1-2H3,(H,29,30). The summed E-state index contributed by atoms with van der Waals surface area (Å²) in [6.45, 7) is 3.45. The van der Waals surface area contributed by atoms with E-state index in [9.17, 15) is 31.1 Å². The third kappa shape index (κ3) is 4.42. The van der Waals surface area contributed by atoms with Crippen LogP contribution in [0.5, 0.6) is 0 Å². The van der Waals surface area contributed by atoms with E-state index in [1.54, 1.807) is 13.8 Å². The Labute approximate surface area is 168 Å². The number of amides is 1. The summed E-state index contributed by atoms with van der Waals surface area (Å²) in [7, 11) is 0. The minimum Gasteiger partial charge on any atom is -0.350 e. The van der Waals surface area contributed by atoms with Gasteiger partial charge in [-0.2, -0.15) is 26.3 Å². The monoisotopic (exact) mass is 425 g/mol. The first-order valence-electron chi connectivity index (χ1n) is 9.00. The largest absolute Gasteiger partial charge is 0.417 e. The summed E-state index contributed by atoms with van der Waals surface area (Å²) in [5.74, 6) is -0.514. The molecule has 3 aromatic carbocycles. The molecule has 0 radical (unpaired) electrons. The fraction of sp³-hybridized carbons (Fsp3) is 0.227. The van der Waals surface area contributed by atoms with Gasteiger partial charge in [0.05, 0.1) is 11.1 Å². The summed E-state index contributed by atoms with van der Waals surface area (Å²) in [6.07, 6.45) is -9.18. The second-order valence-electron chi connectivity index (χ2n) is 7.12. The van der Waals surface area contributed by atoms with Crippen LogP contribution in [0.3, 0.4) is 0 Å². The zero-order valence-corrected chi connectivity index (χ0v) is 15.9. The van der Waals surface area contributed by atoms with E-state index in [0.717, 1.165) is 24.3 Å². The summed E-state index contributed by atoms with van der Waals surface area (Å²) in [5, 5.41) is 2.61. The SMILES string of the molecule is CC(C)NC(=O)c1ccc2c(-c3ccc(C(F)(F)F)cc3)ccc(C(F)(F)F)c2c1. The van der Waals surface area contributed by atoms with Gasteiger partial charge in [-0.25, -0.2) is 0 Å². The van der Waals surface area contributed by atoms with Gasteiger partial charge in [0.1, 0.15) is 0 Å². The third-order valence-corrected chi connectivity index (χ3v) is 4.53. The first kappa shape index (κ1) is 21.7. The van der Waals surface area contributed by atoms with Gasteiger partial charge >= 0.3 is 12.4 Å². The predicted molar refractivity (Wildman–Crippen MR) is 102 cm³/mol. The van der Waals surface area contributed by atoms with Crippen LogP contribution >= 0.6 is 0 Å². The van der Waals surface area contributed by atoms with Crippen molar-refractivity contribution < 1.29 is 31.1 Å². The van der Waals surface area contributed by atoms with Gasteiger partial charge in [0.25, 0.3) is 5.91 Å². The highest BCUT2D eigenvalue weighted by atomic mass is 19.4. The van der Waals surface area contributed by atoms with Crippen LogP contribution in [0.4, 0.5) is 26.3 Å². The number of carbonyl (C=O) groups excluding carboxylic acids is 1. The highest BCUT2D eigenvalue weighted by molar-refractivity contribution is 6.04. The second-order valence-corrected chi connectivity index (χ2v) is 7.12. The van der Waals surface area contributed by atoms with E-state index in [-0.39, 0.29) is 22.4 Å². The van der Waals surface area contributed by atoms with Gasteiger partial charge in [0.2, 0.25) is 0 Å². The molecule has 3 aromatic rings. The Morgan fingerprint density at radius 3 is 1.97 bits per heavy atom. The van der Waals surface area contributed by atoms with Crippen LogP contribution in [0.1, 0.15) is 35.3 Å². The molecule has 8 heteroatoms. The lowest BCUT2D eigenvalue weighted by Gasteiger charge is -2.16. The molecular weight excluding hydrogens is 408 g/mol. The molecule has 0 aliphatic carbocycles. The van der Waals surface area contributed by atoms with Gasteiger partial charge in [-0.15, -0.1) is 0 Å². The maximum absolute atomic E-state index is 13.6. The molecule has 0 spiro atoms. The van der Waals surface area contributed by atoms with E-state index >= 15 is 0 Å². The smallest absolute Gasteiger partial charge is 0.350 e. The summed E-state index contributed by atoms with van der Waals surface area (Å²) in [6, 6.07) is 10.0. The van der Waals surface area contributed by atoms with Gasteiger partial charge in [0, 0.05) is 11.6 Å². The van der Waals surface area contributed by atoms with E-state index in [2.05, 4.69) is 5.32 Å². The lowest BCUT2D eigenvalue weighted by molar-refractivity contribution is -0.138. The molecule has 158 valence electrons. The normalized spacial score (nSPS) is 12.4. The van der Waals surface area contributed by atoms with E-state index in [1.165, 1.54) is 30.3 Å². The van der Waals surface area contributed by atoms with Crippen molar-refractivity contribution in [2.45, 2.75) is 32.2 Å². The molecule has 0 heterocycles. The van der Waals surface area contributed by atoms with Crippen LogP contribution in [-0.2, 0) is 12.4 Å². The Bertz CT molecular complexity index is 1080. The van der Waals surface area contributed by atoms with Crippen LogP contribution < -0.4 is 5.32 Å². The minimum atomic E-state index is -4.66. The van der Waals surface area contributed by atoms with Crippen molar-refractivity contribution in [3.05, 3.63) is 71.3 Å². The van der Waals surface area contributed by atoms with Crippen LogP contribution in [0.25, 0.3) is 21.9 Å². The maximum Gasteiger partial charge on any atom is 0.417 e. The molecule has 0 bridgehead atoms. The molecule has 1 amide bonds. The molecule has 0 saturated carbocycles. The number of nitrogens with one attached hydrogen (secondary N) is 1. The molecule has 0 saturated heterocycles. The lowest BCUT2D eigenvalue weighted by atomic mass is 9.93. The molecule has 0 aliphatic rings. The molecule has 0 aliphatic heterocycles. The maximum atomic E-state index is 13.6. The number of hydrogen-bond acceptors (Lipinski definition) is 1. The highest BCUT2D eigenvalue weighted by Crippen LogP contribution is 2.40. The number of rotatable bonds is 3. The van der Waals surface area contributed by atoms with Crippen molar-refractivity contribution in [1.82, 2.24) is 5.32 Å². The van der Waals surface area contributed by atoms with Crippen molar-refractivity contribution in [1.29, 1.82) is 0 Å². The highest BCUT2D eigenvalue weighted by Gasteiger charge is 2.33. The first-order valence-corrected chi connectivity index (χ1v) is 9.00. The van der Waals surface area contributed by atoms with Crippen molar-refractivity contribution in [3.8, 4) is 11.1 Å². The molecule has 0 fully saturated rings. The molecule has 3 rings (SSSR count). The molecule has 2 nitrogen and oxygen atoms in total. The number of halogens is 6. The molecule has 0 aromatic heterocycles. The van der Waals surface area contributed by atoms with Crippen molar-refractivity contribution >= 4 is 16.7 Å². The van der Waals surface area contributed by atoms with Crippen molar-refractivity contribution in [2.75, 3.05) is 0 Å². The fourth-order valence-electron chi connectivity index (χ4n) is 3.17. The Hall–Kier alpha value is -3.03. The predicted octanol–water partition coefficient (Wildman–Crippen LogP) is 6.68. The third-order valence-electron chi connectivity index (χ3n) is 4.53. The first-order chi connectivity index (χ1) is 13.9. The lowest BCUT2D eigenvalue weighted by Crippen LogP contribution is -2.30. The average Bonchev–Trinajstić information content (AvgIpc) is 2.64. The number of fused-ring (bicyclic) bond motifs is 1. The van der Waals surface area contributed by atoms with Crippen LogP contribution in [0.15, 0.2) is 54.6 Å². The Morgan fingerprint density at radius 2 is 1.43 bits per heavy atom. The topological polar surface area (TPSA) is 29.1 Å².